The lowest BCUT2D eigenvalue weighted by Crippen LogP contribution is -2.30. The van der Waals surface area contributed by atoms with Crippen molar-refractivity contribution in [3.8, 4) is 0 Å². The van der Waals surface area contributed by atoms with Gasteiger partial charge in [-0.1, -0.05) is 337 Å². The molecule has 2 unspecified atom stereocenters. The first-order valence-corrected chi connectivity index (χ1v) is 42.0. The number of aliphatic hydroxyl groups excluding tert-OH is 1. The van der Waals surface area contributed by atoms with E-state index >= 15 is 0 Å². The molecule has 0 aliphatic carbocycles. The van der Waals surface area contributed by atoms with Gasteiger partial charge in [-0.05, 0) is 37.5 Å². The van der Waals surface area contributed by atoms with E-state index in [0.717, 1.165) is 102 Å². The normalized spacial score (nSPS) is 14.0. The van der Waals surface area contributed by atoms with Crippen molar-refractivity contribution in [1.82, 2.24) is 0 Å². The molecule has 0 radical (unpaired) electrons. The summed E-state index contributed by atoms with van der Waals surface area (Å²) in [5.74, 6) is -0.628. The molecule has 558 valence electrons. The Labute approximate surface area is 575 Å². The summed E-state index contributed by atoms with van der Waals surface area (Å²) in [6.45, 7) is 9.54. The van der Waals surface area contributed by atoms with Crippen LogP contribution < -0.4 is 0 Å². The van der Waals surface area contributed by atoms with Gasteiger partial charge in [0.05, 0.1) is 26.4 Å². The maximum absolute atomic E-state index is 13.1. The summed E-state index contributed by atoms with van der Waals surface area (Å²) in [6.07, 6.45) is 54.2. The minimum absolute atomic E-state index is 0.107. The highest BCUT2D eigenvalue weighted by Gasteiger charge is 2.30. The lowest BCUT2D eigenvalue weighted by Gasteiger charge is -2.21. The SMILES string of the molecule is CCCCCCCCCCCCCCCC(=O)OC[C@H](COP(=O)(O)OC[C@@H](O)COP(=O)(O)OC[C@@H](COC(=O)CCCCCCCCC(C)C)OC(=O)CCCCCCCCCCCCCCC)OC(=O)CCCCCCCCCCCCCCCCCCC(C)C. The fraction of sp³-hybridized carbons (Fsp3) is 0.947. The lowest BCUT2D eigenvalue weighted by atomic mass is 10.0. The Kier molecular flexibility index (Phi) is 65.5. The predicted molar refractivity (Wildman–Crippen MR) is 381 cm³/mol. The monoisotopic (exact) mass is 1380 g/mol. The summed E-state index contributed by atoms with van der Waals surface area (Å²) in [4.78, 5) is 72.7. The van der Waals surface area contributed by atoms with Gasteiger partial charge in [0.1, 0.15) is 19.3 Å². The Morgan fingerprint density at radius 2 is 0.489 bits per heavy atom. The number of hydrogen-bond donors (Lipinski definition) is 3. The molecule has 94 heavy (non-hydrogen) atoms. The van der Waals surface area contributed by atoms with Crippen LogP contribution in [0.2, 0.25) is 0 Å². The summed E-state index contributed by atoms with van der Waals surface area (Å²) in [7, 11) is -9.91. The molecular weight excluding hydrogens is 1230 g/mol. The smallest absolute Gasteiger partial charge is 0.462 e. The minimum Gasteiger partial charge on any atom is -0.462 e. The number of carbonyl (C=O) groups excluding carboxylic acids is 4. The van der Waals surface area contributed by atoms with E-state index in [9.17, 15) is 43.2 Å². The number of ether oxygens (including phenoxy) is 4. The van der Waals surface area contributed by atoms with Crippen molar-refractivity contribution in [2.45, 2.75) is 407 Å². The molecule has 17 nitrogen and oxygen atoms in total. The molecule has 0 aromatic rings. The first-order valence-electron chi connectivity index (χ1n) is 39.0. The van der Waals surface area contributed by atoms with E-state index in [4.69, 9.17) is 37.0 Å². The first-order chi connectivity index (χ1) is 45.4. The highest BCUT2D eigenvalue weighted by atomic mass is 31.2. The zero-order chi connectivity index (χ0) is 69.3. The average molecular weight is 1380 g/mol. The summed E-state index contributed by atoms with van der Waals surface area (Å²) < 4.78 is 68.5. The molecular formula is C75H146O17P2. The first kappa shape index (κ1) is 92.1. The fourth-order valence-electron chi connectivity index (χ4n) is 11.5. The van der Waals surface area contributed by atoms with Gasteiger partial charge in [0.25, 0.3) is 0 Å². The number of unbranched alkanes of at least 4 members (excludes halogenated alkanes) is 44. The van der Waals surface area contributed by atoms with Crippen LogP contribution in [0.3, 0.4) is 0 Å². The van der Waals surface area contributed by atoms with Crippen LogP contribution in [-0.4, -0.2) is 96.7 Å². The van der Waals surface area contributed by atoms with Crippen molar-refractivity contribution in [2.24, 2.45) is 11.8 Å². The maximum Gasteiger partial charge on any atom is 0.472 e. The molecule has 19 heteroatoms. The third-order valence-corrected chi connectivity index (χ3v) is 19.4. The van der Waals surface area contributed by atoms with E-state index in [1.807, 2.05) is 0 Å². The number of phosphoric acid groups is 2. The second-order valence-electron chi connectivity index (χ2n) is 28.0. The number of aliphatic hydroxyl groups is 1. The van der Waals surface area contributed by atoms with Crippen molar-refractivity contribution in [3.63, 3.8) is 0 Å². The molecule has 0 rings (SSSR count). The minimum atomic E-state index is -4.96. The number of carbonyl (C=O) groups is 4. The van der Waals surface area contributed by atoms with Crippen LogP contribution in [0.25, 0.3) is 0 Å². The van der Waals surface area contributed by atoms with Crippen molar-refractivity contribution in [3.05, 3.63) is 0 Å². The zero-order valence-corrected chi connectivity index (χ0v) is 63.1. The molecule has 0 aromatic heterocycles. The number of esters is 4. The van der Waals surface area contributed by atoms with E-state index in [-0.39, 0.29) is 25.7 Å². The molecule has 0 aromatic carbocycles. The van der Waals surface area contributed by atoms with Crippen molar-refractivity contribution < 1.29 is 80.2 Å². The van der Waals surface area contributed by atoms with Gasteiger partial charge in [-0.25, -0.2) is 9.13 Å². The molecule has 0 amide bonds. The molecule has 0 aliphatic rings. The Bertz CT molecular complexity index is 1820. The van der Waals surface area contributed by atoms with Gasteiger partial charge in [0, 0.05) is 25.7 Å². The molecule has 0 spiro atoms. The Morgan fingerprint density at radius 1 is 0.287 bits per heavy atom. The third-order valence-electron chi connectivity index (χ3n) is 17.5. The number of phosphoric ester groups is 2. The van der Waals surface area contributed by atoms with E-state index in [1.54, 1.807) is 0 Å². The molecule has 5 atom stereocenters. The van der Waals surface area contributed by atoms with Gasteiger partial charge >= 0.3 is 39.5 Å². The quantitative estimate of drug-likeness (QED) is 0.0222. The van der Waals surface area contributed by atoms with Gasteiger partial charge in [-0.15, -0.1) is 0 Å². The van der Waals surface area contributed by atoms with Crippen LogP contribution in [0.15, 0.2) is 0 Å². The summed E-state index contributed by atoms with van der Waals surface area (Å²) >= 11 is 0. The van der Waals surface area contributed by atoms with E-state index in [1.165, 1.54) is 199 Å². The van der Waals surface area contributed by atoms with Crippen LogP contribution in [0.4, 0.5) is 0 Å². The standard InChI is InChI=1S/C75H146O17P2/c1-7-9-11-13-15-17-19-25-30-34-38-45-51-57-72(77)85-63-70(91-74(79)60-54-48-40-36-32-28-24-22-21-23-27-29-33-37-43-49-55-67(3)4)65-89-93(81,82)87-61-69(76)62-88-94(83,84)90-66-71(64-86-73(78)58-52-46-42-41-44-50-56-68(5)6)92-75(80)59-53-47-39-35-31-26-20-18-16-14-12-10-8-2/h67-71,76H,7-66H2,1-6H3,(H,81,82)(H,83,84)/t69-,70-,71-/m1/s1. The summed E-state index contributed by atoms with van der Waals surface area (Å²) in [5, 5.41) is 10.6. The molecule has 0 heterocycles. The highest BCUT2D eigenvalue weighted by molar-refractivity contribution is 7.47. The van der Waals surface area contributed by atoms with Crippen LogP contribution in [0.5, 0.6) is 0 Å². The van der Waals surface area contributed by atoms with Crippen molar-refractivity contribution in [2.75, 3.05) is 39.6 Å². The van der Waals surface area contributed by atoms with Crippen LogP contribution in [0.1, 0.15) is 388 Å². The number of hydrogen-bond acceptors (Lipinski definition) is 15. The largest absolute Gasteiger partial charge is 0.472 e. The van der Waals surface area contributed by atoms with Crippen molar-refractivity contribution in [1.29, 1.82) is 0 Å². The van der Waals surface area contributed by atoms with Crippen LogP contribution in [0, 0.1) is 11.8 Å². The van der Waals surface area contributed by atoms with Crippen molar-refractivity contribution >= 4 is 39.5 Å². The molecule has 3 N–H and O–H groups in total. The Morgan fingerprint density at radius 3 is 0.723 bits per heavy atom. The van der Waals surface area contributed by atoms with Crippen LogP contribution >= 0.6 is 15.6 Å². The summed E-state index contributed by atoms with van der Waals surface area (Å²) in [6, 6.07) is 0. The molecule has 0 aliphatic heterocycles. The molecule has 0 bridgehead atoms. The lowest BCUT2D eigenvalue weighted by molar-refractivity contribution is -0.161. The zero-order valence-electron chi connectivity index (χ0n) is 61.3. The second-order valence-corrected chi connectivity index (χ2v) is 30.9. The Balaban J connectivity index is 5.22. The van der Waals surface area contributed by atoms with Crippen LogP contribution in [-0.2, 0) is 65.4 Å². The van der Waals surface area contributed by atoms with Gasteiger partial charge in [0.15, 0.2) is 12.2 Å². The molecule has 0 saturated carbocycles. The molecule has 0 fully saturated rings. The maximum atomic E-state index is 13.1. The van der Waals surface area contributed by atoms with E-state index in [0.29, 0.717) is 31.6 Å². The Hall–Kier alpha value is -1.94. The highest BCUT2D eigenvalue weighted by Crippen LogP contribution is 2.45. The van der Waals surface area contributed by atoms with Gasteiger partial charge in [0.2, 0.25) is 0 Å². The fourth-order valence-corrected chi connectivity index (χ4v) is 13.1. The van der Waals surface area contributed by atoms with E-state index < -0.39 is 97.5 Å². The third kappa shape index (κ3) is 68.6. The molecule has 0 saturated heterocycles. The summed E-state index contributed by atoms with van der Waals surface area (Å²) in [5.41, 5.74) is 0. The van der Waals surface area contributed by atoms with E-state index in [2.05, 4.69) is 41.5 Å². The van der Waals surface area contributed by atoms with Gasteiger partial charge < -0.3 is 33.8 Å². The average Bonchev–Trinajstić information content (AvgIpc) is 1.92. The predicted octanol–water partition coefficient (Wildman–Crippen LogP) is 21.9. The number of rotatable bonds is 74. The second kappa shape index (κ2) is 66.9. The van der Waals surface area contributed by atoms with Gasteiger partial charge in [-0.2, -0.15) is 0 Å². The van der Waals surface area contributed by atoms with Gasteiger partial charge in [-0.3, -0.25) is 37.3 Å². The topological polar surface area (TPSA) is 237 Å².